The van der Waals surface area contributed by atoms with E-state index in [-0.39, 0.29) is 25.5 Å². The molecule has 0 aliphatic carbocycles. The van der Waals surface area contributed by atoms with E-state index >= 15 is 0 Å². The molecule has 3 aromatic rings. The highest BCUT2D eigenvalue weighted by Gasteiger charge is 2.43. The number of rotatable bonds is 9. The third-order valence-corrected chi connectivity index (χ3v) is 9.17. The van der Waals surface area contributed by atoms with Crippen LogP contribution in [0.5, 0.6) is 5.75 Å². The molecule has 8 heteroatoms. The van der Waals surface area contributed by atoms with Gasteiger partial charge in [-0.3, -0.25) is 4.79 Å². The van der Waals surface area contributed by atoms with Crippen LogP contribution in [-0.4, -0.2) is 50.3 Å². The van der Waals surface area contributed by atoms with Crippen molar-refractivity contribution in [2.75, 3.05) is 26.7 Å². The molecule has 3 aromatic carbocycles. The smallest absolute Gasteiger partial charge is 0.243 e. The molecule has 37 heavy (non-hydrogen) atoms. The van der Waals surface area contributed by atoms with Crippen molar-refractivity contribution in [3.63, 3.8) is 0 Å². The molecule has 1 amide bonds. The summed E-state index contributed by atoms with van der Waals surface area (Å²) in [5.74, 6) is 0.589. The molecule has 1 atom stereocenters. The third-order valence-electron chi connectivity index (χ3n) is 6.91. The molecular formula is C29H33ClN2O4S. The quantitative estimate of drug-likeness (QED) is 0.357. The van der Waals surface area contributed by atoms with Crippen LogP contribution in [0, 0.1) is 12.3 Å². The van der Waals surface area contributed by atoms with Crippen LogP contribution in [0.2, 0.25) is 5.02 Å². The predicted molar refractivity (Wildman–Crippen MR) is 146 cm³/mol. The van der Waals surface area contributed by atoms with Gasteiger partial charge < -0.3 is 9.64 Å². The van der Waals surface area contributed by atoms with Gasteiger partial charge >= 0.3 is 0 Å². The normalized spacial score (nSPS) is 18.4. The maximum absolute atomic E-state index is 13.6. The number of halogens is 1. The molecular weight excluding hydrogens is 508 g/mol. The lowest BCUT2D eigenvalue weighted by Crippen LogP contribution is -2.50. The van der Waals surface area contributed by atoms with Gasteiger partial charge in [0.1, 0.15) is 5.75 Å². The molecule has 0 radical (unpaired) electrons. The fraction of sp³-hybridized carbons (Fsp3) is 0.345. The van der Waals surface area contributed by atoms with Crippen molar-refractivity contribution in [3.8, 4) is 5.75 Å². The second kappa shape index (κ2) is 11.7. The van der Waals surface area contributed by atoms with Crippen LogP contribution in [0.3, 0.4) is 0 Å². The summed E-state index contributed by atoms with van der Waals surface area (Å²) < 4.78 is 35.0. The van der Waals surface area contributed by atoms with Gasteiger partial charge in [-0.05, 0) is 61.2 Å². The summed E-state index contributed by atoms with van der Waals surface area (Å²) in [4.78, 5) is 15.4. The minimum Gasteiger partial charge on any atom is -0.493 e. The molecule has 1 aliphatic rings. The number of ether oxygens (including phenoxy) is 1. The Morgan fingerprint density at radius 1 is 1.03 bits per heavy atom. The Morgan fingerprint density at radius 3 is 2.41 bits per heavy atom. The van der Waals surface area contributed by atoms with E-state index < -0.39 is 15.4 Å². The maximum Gasteiger partial charge on any atom is 0.243 e. The molecule has 196 valence electrons. The zero-order chi connectivity index (χ0) is 26.5. The van der Waals surface area contributed by atoms with Crippen LogP contribution in [0.25, 0.3) is 0 Å². The molecule has 1 saturated heterocycles. The highest BCUT2D eigenvalue weighted by molar-refractivity contribution is 7.89. The summed E-state index contributed by atoms with van der Waals surface area (Å²) in [5.41, 5.74) is 1.07. The summed E-state index contributed by atoms with van der Waals surface area (Å²) in [6, 6.07) is 23.9. The first-order valence-electron chi connectivity index (χ1n) is 12.4. The molecule has 0 saturated carbocycles. The Balaban J connectivity index is 1.58. The lowest BCUT2D eigenvalue weighted by atomic mass is 9.78. The van der Waals surface area contributed by atoms with Crippen LogP contribution in [0.15, 0.2) is 83.8 Å². The van der Waals surface area contributed by atoms with E-state index in [4.69, 9.17) is 16.3 Å². The number of amides is 1. The summed E-state index contributed by atoms with van der Waals surface area (Å²) in [5, 5.41) is 0.605. The number of benzene rings is 3. The number of carbonyl (C=O) groups is 1. The summed E-state index contributed by atoms with van der Waals surface area (Å²) in [7, 11) is -1.94. The molecule has 0 spiro atoms. The summed E-state index contributed by atoms with van der Waals surface area (Å²) in [6.07, 6.45) is 1.51. The van der Waals surface area contributed by atoms with Gasteiger partial charge in [0.25, 0.3) is 0 Å². The van der Waals surface area contributed by atoms with E-state index in [1.165, 1.54) is 4.31 Å². The Bertz CT molecular complexity index is 1320. The van der Waals surface area contributed by atoms with Gasteiger partial charge in [-0.25, -0.2) is 8.42 Å². The second-order valence-electron chi connectivity index (χ2n) is 9.86. The van der Waals surface area contributed by atoms with E-state index in [0.29, 0.717) is 47.2 Å². The highest BCUT2D eigenvalue weighted by Crippen LogP contribution is 2.38. The van der Waals surface area contributed by atoms with Gasteiger partial charge in [-0.15, -0.1) is 0 Å². The van der Waals surface area contributed by atoms with Gasteiger partial charge in [0, 0.05) is 43.5 Å². The average molecular weight is 541 g/mol. The highest BCUT2D eigenvalue weighted by atomic mass is 35.5. The molecule has 0 unspecified atom stereocenters. The molecule has 0 aromatic heterocycles. The largest absolute Gasteiger partial charge is 0.493 e. The number of piperidine rings is 1. The standard InChI is InChI=1S/C29H33ClN2O4S/c1-23-9-6-7-12-27(23)37(34,35)32-18-8-17-29(21-32,22-36-26-15-13-25(30)14-16-26)19-28(33)31(2)20-24-10-4-3-5-11-24/h3-7,9-16H,8,17-22H2,1-2H3/t29-/m1/s1. The Hall–Kier alpha value is -2.87. The first-order valence-corrected chi connectivity index (χ1v) is 14.2. The number of sulfonamides is 1. The van der Waals surface area contributed by atoms with Crippen molar-refractivity contribution < 1.29 is 17.9 Å². The minimum absolute atomic E-state index is 0.0429. The maximum atomic E-state index is 13.6. The SMILES string of the molecule is Cc1ccccc1S(=O)(=O)N1CCC[C@@](COc2ccc(Cl)cc2)(CC(=O)N(C)Cc2ccccc2)C1. The summed E-state index contributed by atoms with van der Waals surface area (Å²) in [6.45, 7) is 3.13. The van der Waals surface area contributed by atoms with E-state index in [9.17, 15) is 13.2 Å². The van der Waals surface area contributed by atoms with Crippen molar-refractivity contribution in [2.24, 2.45) is 5.41 Å². The Morgan fingerprint density at radius 2 is 1.70 bits per heavy atom. The van der Waals surface area contributed by atoms with Crippen LogP contribution in [-0.2, 0) is 21.4 Å². The number of hydrogen-bond donors (Lipinski definition) is 0. The van der Waals surface area contributed by atoms with Gasteiger partial charge in [-0.1, -0.05) is 60.1 Å². The zero-order valence-corrected chi connectivity index (χ0v) is 22.8. The molecule has 6 nitrogen and oxygen atoms in total. The van der Waals surface area contributed by atoms with Gasteiger partial charge in [0.05, 0.1) is 11.5 Å². The molecule has 1 heterocycles. The van der Waals surface area contributed by atoms with Crippen molar-refractivity contribution in [3.05, 3.63) is 95.0 Å². The average Bonchev–Trinajstić information content (AvgIpc) is 2.89. The number of nitrogens with zero attached hydrogens (tertiary/aromatic N) is 2. The molecule has 0 N–H and O–H groups in total. The predicted octanol–water partition coefficient (Wildman–Crippen LogP) is 5.55. The Labute approximate surface area is 224 Å². The number of hydrogen-bond acceptors (Lipinski definition) is 4. The van der Waals surface area contributed by atoms with Crippen molar-refractivity contribution in [1.82, 2.24) is 9.21 Å². The minimum atomic E-state index is -3.72. The van der Waals surface area contributed by atoms with E-state index in [1.807, 2.05) is 36.4 Å². The van der Waals surface area contributed by atoms with Crippen molar-refractivity contribution >= 4 is 27.5 Å². The fourth-order valence-electron chi connectivity index (χ4n) is 4.83. The number of aryl methyl sites for hydroxylation is 1. The van der Waals surface area contributed by atoms with Crippen LogP contribution < -0.4 is 4.74 Å². The Kier molecular flexibility index (Phi) is 8.57. The van der Waals surface area contributed by atoms with E-state index in [2.05, 4.69) is 0 Å². The first-order chi connectivity index (χ1) is 17.7. The second-order valence-corrected chi connectivity index (χ2v) is 12.2. The van der Waals surface area contributed by atoms with Crippen molar-refractivity contribution in [2.45, 2.75) is 37.6 Å². The lowest BCUT2D eigenvalue weighted by Gasteiger charge is -2.42. The van der Waals surface area contributed by atoms with Crippen LogP contribution >= 0.6 is 11.6 Å². The monoisotopic (exact) mass is 540 g/mol. The van der Waals surface area contributed by atoms with Crippen LogP contribution in [0.4, 0.5) is 0 Å². The van der Waals surface area contributed by atoms with Gasteiger partial charge in [-0.2, -0.15) is 4.31 Å². The fourth-order valence-corrected chi connectivity index (χ4v) is 6.78. The molecule has 1 aliphatic heterocycles. The van der Waals surface area contributed by atoms with E-state index in [1.54, 1.807) is 61.3 Å². The van der Waals surface area contributed by atoms with Gasteiger partial charge in [0.15, 0.2) is 0 Å². The number of carbonyl (C=O) groups excluding carboxylic acids is 1. The van der Waals surface area contributed by atoms with E-state index in [0.717, 1.165) is 5.56 Å². The van der Waals surface area contributed by atoms with Crippen LogP contribution in [0.1, 0.15) is 30.4 Å². The van der Waals surface area contributed by atoms with Gasteiger partial charge in [0.2, 0.25) is 15.9 Å². The lowest BCUT2D eigenvalue weighted by molar-refractivity contribution is -0.134. The zero-order valence-electron chi connectivity index (χ0n) is 21.3. The summed E-state index contributed by atoms with van der Waals surface area (Å²) >= 11 is 6.02. The topological polar surface area (TPSA) is 66.9 Å². The molecule has 0 bridgehead atoms. The molecule has 4 rings (SSSR count). The third kappa shape index (κ3) is 6.72. The molecule has 1 fully saturated rings. The van der Waals surface area contributed by atoms with Crippen molar-refractivity contribution in [1.29, 1.82) is 0 Å². The first kappa shape index (κ1) is 27.2.